The number of tetrazole rings is 1. The van der Waals surface area contributed by atoms with Crippen molar-refractivity contribution in [3.05, 3.63) is 41.5 Å². The first-order valence-corrected chi connectivity index (χ1v) is 8.55. The molecule has 2 heterocycles. The molecule has 0 atom stereocenters. The molecule has 0 amide bonds. The zero-order valence-corrected chi connectivity index (χ0v) is 14.3. The van der Waals surface area contributed by atoms with E-state index in [2.05, 4.69) is 56.3 Å². The lowest BCUT2D eigenvalue weighted by Gasteiger charge is -2.10. The van der Waals surface area contributed by atoms with Gasteiger partial charge in [0, 0.05) is 6.54 Å². The number of nitrogens with zero attached hydrogens (tertiary/aromatic N) is 7. The van der Waals surface area contributed by atoms with E-state index >= 15 is 0 Å². The SMILES string of the molecule is CCCn1nnnc1CSc1nnc(C)n1-c1ccccc1C. The molecule has 0 spiro atoms. The van der Waals surface area contributed by atoms with Gasteiger partial charge in [0.05, 0.1) is 11.4 Å². The van der Waals surface area contributed by atoms with Gasteiger partial charge in [-0.15, -0.1) is 15.3 Å². The van der Waals surface area contributed by atoms with Crippen LogP contribution in [0.5, 0.6) is 0 Å². The van der Waals surface area contributed by atoms with Crippen molar-refractivity contribution in [2.24, 2.45) is 0 Å². The molecule has 0 radical (unpaired) electrons. The summed E-state index contributed by atoms with van der Waals surface area (Å²) in [5.74, 6) is 2.39. The number of rotatable bonds is 6. The van der Waals surface area contributed by atoms with Gasteiger partial charge >= 0.3 is 0 Å². The first-order chi connectivity index (χ1) is 11.2. The highest BCUT2D eigenvalue weighted by Crippen LogP contribution is 2.25. The van der Waals surface area contributed by atoms with Gasteiger partial charge in [0.2, 0.25) is 0 Å². The molecule has 8 heteroatoms. The maximum atomic E-state index is 4.31. The minimum atomic E-state index is 0.664. The number of hydrogen-bond acceptors (Lipinski definition) is 6. The lowest BCUT2D eigenvalue weighted by molar-refractivity contribution is 0.564. The summed E-state index contributed by atoms with van der Waals surface area (Å²) in [5.41, 5.74) is 2.29. The molecule has 7 nitrogen and oxygen atoms in total. The van der Waals surface area contributed by atoms with Crippen molar-refractivity contribution in [3.8, 4) is 5.69 Å². The van der Waals surface area contributed by atoms with Crippen molar-refractivity contribution in [2.45, 2.75) is 44.6 Å². The molecule has 2 aromatic heterocycles. The van der Waals surface area contributed by atoms with E-state index in [9.17, 15) is 0 Å². The molecule has 0 N–H and O–H groups in total. The van der Waals surface area contributed by atoms with Crippen molar-refractivity contribution < 1.29 is 0 Å². The van der Waals surface area contributed by atoms with Crippen molar-refractivity contribution in [2.75, 3.05) is 0 Å². The summed E-state index contributed by atoms with van der Waals surface area (Å²) < 4.78 is 3.92. The molecule has 0 aliphatic heterocycles. The Labute approximate surface area is 139 Å². The molecule has 0 saturated heterocycles. The van der Waals surface area contributed by atoms with E-state index in [1.807, 2.05) is 23.7 Å². The largest absolute Gasteiger partial charge is 0.274 e. The predicted octanol–water partition coefficient (Wildman–Crippen LogP) is 2.57. The molecule has 0 saturated carbocycles. The van der Waals surface area contributed by atoms with Crippen LogP contribution in [0.25, 0.3) is 5.69 Å². The van der Waals surface area contributed by atoms with Crippen LogP contribution in [0.4, 0.5) is 0 Å². The van der Waals surface area contributed by atoms with Gasteiger partial charge in [-0.2, -0.15) is 0 Å². The molecule has 1 aromatic carbocycles. The third kappa shape index (κ3) is 3.26. The van der Waals surface area contributed by atoms with Gasteiger partial charge in [-0.3, -0.25) is 4.57 Å². The van der Waals surface area contributed by atoms with Crippen LogP contribution in [0.15, 0.2) is 29.4 Å². The van der Waals surface area contributed by atoms with E-state index in [1.165, 1.54) is 5.56 Å². The van der Waals surface area contributed by atoms with Gasteiger partial charge in [-0.1, -0.05) is 36.9 Å². The van der Waals surface area contributed by atoms with Gasteiger partial charge in [0.1, 0.15) is 5.82 Å². The van der Waals surface area contributed by atoms with Crippen LogP contribution in [0.3, 0.4) is 0 Å². The summed E-state index contributed by atoms with van der Waals surface area (Å²) >= 11 is 1.60. The maximum Gasteiger partial charge on any atom is 0.196 e. The number of benzene rings is 1. The van der Waals surface area contributed by atoms with Crippen molar-refractivity contribution >= 4 is 11.8 Å². The Kier molecular flexibility index (Phi) is 4.71. The van der Waals surface area contributed by atoms with E-state index in [0.717, 1.165) is 35.5 Å². The molecule has 0 fully saturated rings. The molecule has 23 heavy (non-hydrogen) atoms. The van der Waals surface area contributed by atoms with Gasteiger partial charge in [-0.25, -0.2) is 4.68 Å². The molecule has 3 rings (SSSR count). The number of aromatic nitrogens is 7. The Balaban J connectivity index is 1.85. The van der Waals surface area contributed by atoms with E-state index < -0.39 is 0 Å². The van der Waals surface area contributed by atoms with Crippen molar-refractivity contribution in [1.29, 1.82) is 0 Å². The van der Waals surface area contributed by atoms with Gasteiger partial charge in [0.15, 0.2) is 11.0 Å². The summed E-state index contributed by atoms with van der Waals surface area (Å²) in [5, 5.41) is 21.3. The molecular weight excluding hydrogens is 310 g/mol. The maximum absolute atomic E-state index is 4.31. The van der Waals surface area contributed by atoms with Gasteiger partial charge in [-0.05, 0) is 42.3 Å². The van der Waals surface area contributed by atoms with Gasteiger partial charge in [0.25, 0.3) is 0 Å². The Morgan fingerprint density at radius 2 is 1.91 bits per heavy atom. The second kappa shape index (κ2) is 6.91. The molecule has 0 aliphatic carbocycles. The van der Waals surface area contributed by atoms with Crippen LogP contribution in [0.1, 0.15) is 30.6 Å². The van der Waals surface area contributed by atoms with E-state index in [1.54, 1.807) is 11.8 Å². The Morgan fingerprint density at radius 1 is 1.09 bits per heavy atom. The lowest BCUT2D eigenvalue weighted by atomic mass is 10.2. The van der Waals surface area contributed by atoms with Crippen molar-refractivity contribution in [3.63, 3.8) is 0 Å². The summed E-state index contributed by atoms with van der Waals surface area (Å²) in [4.78, 5) is 0. The Hall–Kier alpha value is -2.22. The monoisotopic (exact) mass is 329 g/mol. The Bertz CT molecular complexity index is 793. The fraction of sp³-hybridized carbons (Fsp3) is 0.400. The number of aryl methyl sites for hydroxylation is 3. The zero-order chi connectivity index (χ0) is 16.2. The number of thioether (sulfide) groups is 1. The second-order valence-electron chi connectivity index (χ2n) is 5.26. The summed E-state index contributed by atoms with van der Waals surface area (Å²) in [6.45, 7) is 6.98. The third-order valence-corrected chi connectivity index (χ3v) is 4.45. The van der Waals surface area contributed by atoms with E-state index in [0.29, 0.717) is 5.75 Å². The van der Waals surface area contributed by atoms with Gasteiger partial charge < -0.3 is 0 Å². The van der Waals surface area contributed by atoms with Crippen LogP contribution in [0.2, 0.25) is 0 Å². The Morgan fingerprint density at radius 3 is 2.70 bits per heavy atom. The molecular formula is C15H19N7S. The number of para-hydroxylation sites is 1. The highest BCUT2D eigenvalue weighted by Gasteiger charge is 2.15. The van der Waals surface area contributed by atoms with Crippen LogP contribution in [-0.4, -0.2) is 35.0 Å². The van der Waals surface area contributed by atoms with Crippen molar-refractivity contribution in [1.82, 2.24) is 35.0 Å². The average Bonchev–Trinajstić information content (AvgIpc) is 3.13. The first-order valence-electron chi connectivity index (χ1n) is 7.56. The minimum Gasteiger partial charge on any atom is -0.274 e. The normalized spacial score (nSPS) is 11.1. The quantitative estimate of drug-likeness (QED) is 0.647. The standard InChI is InChI=1S/C15H19N7S/c1-4-9-21-14(17-19-20-21)10-23-15-18-16-12(3)22(15)13-8-6-5-7-11(13)2/h5-8H,4,9-10H2,1-3H3. The molecule has 120 valence electrons. The highest BCUT2D eigenvalue weighted by atomic mass is 32.2. The zero-order valence-electron chi connectivity index (χ0n) is 13.5. The minimum absolute atomic E-state index is 0.664. The molecule has 0 unspecified atom stereocenters. The fourth-order valence-corrected chi connectivity index (χ4v) is 3.29. The fourth-order valence-electron chi connectivity index (χ4n) is 2.37. The molecule has 3 aromatic rings. The van der Waals surface area contributed by atoms with Crippen LogP contribution >= 0.6 is 11.8 Å². The third-order valence-electron chi connectivity index (χ3n) is 3.52. The van der Waals surface area contributed by atoms with Crippen LogP contribution in [-0.2, 0) is 12.3 Å². The van der Waals surface area contributed by atoms with E-state index in [4.69, 9.17) is 0 Å². The number of hydrogen-bond donors (Lipinski definition) is 0. The first kappa shape index (κ1) is 15.7. The summed E-state index contributed by atoms with van der Waals surface area (Å²) in [6, 6.07) is 8.23. The smallest absolute Gasteiger partial charge is 0.196 e. The topological polar surface area (TPSA) is 74.3 Å². The van der Waals surface area contributed by atoms with E-state index in [-0.39, 0.29) is 0 Å². The lowest BCUT2D eigenvalue weighted by Crippen LogP contribution is -2.05. The predicted molar refractivity (Wildman–Crippen MR) is 88.5 cm³/mol. The van der Waals surface area contributed by atoms with Crippen LogP contribution < -0.4 is 0 Å². The molecule has 0 bridgehead atoms. The summed E-state index contributed by atoms with van der Waals surface area (Å²) in [7, 11) is 0. The molecule has 0 aliphatic rings. The highest BCUT2D eigenvalue weighted by molar-refractivity contribution is 7.98. The summed E-state index contributed by atoms with van der Waals surface area (Å²) in [6.07, 6.45) is 1.00. The second-order valence-corrected chi connectivity index (χ2v) is 6.20. The average molecular weight is 329 g/mol. The van der Waals surface area contributed by atoms with Crippen LogP contribution in [0, 0.1) is 13.8 Å².